The zero-order valence-electron chi connectivity index (χ0n) is 8.85. The zero-order chi connectivity index (χ0) is 9.45. The van der Waals surface area contributed by atoms with Gasteiger partial charge in [-0.25, -0.2) is 5.84 Å². The second-order valence-electron chi connectivity index (χ2n) is 2.98. The number of nitrogens with one attached hydrogen (secondary N) is 1. The number of nitrogens with zero attached hydrogens (tertiary/aromatic N) is 1. The minimum absolute atomic E-state index is 0. The Labute approximate surface area is 87.3 Å². The van der Waals surface area contributed by atoms with Crippen molar-refractivity contribution >= 4 is 0 Å². The maximum absolute atomic E-state index is 5.00. The third-order valence-electron chi connectivity index (χ3n) is 2.76. The summed E-state index contributed by atoms with van der Waals surface area (Å²) in [5.74, 6) is 5.00. The topological polar surface area (TPSA) is 47.3 Å². The number of halogens is 1. The molecule has 0 rings (SSSR count). The van der Waals surface area contributed by atoms with E-state index in [1.807, 2.05) is 0 Å². The first kappa shape index (κ1) is 15.6. The Balaban J connectivity index is 0. The Hall–Kier alpha value is 0.130. The van der Waals surface area contributed by atoms with Gasteiger partial charge in [-0.05, 0) is 20.8 Å². The van der Waals surface area contributed by atoms with Crippen LogP contribution in [0, 0.1) is 0 Å². The molecule has 4 nitrogen and oxygen atoms in total. The van der Waals surface area contributed by atoms with Crippen LogP contribution in [-0.4, -0.2) is 37.3 Å². The number of quaternary nitrogens is 1. The third kappa shape index (κ3) is 5.44. The highest BCUT2D eigenvalue weighted by molar-refractivity contribution is 4.36. The minimum atomic E-state index is 0. The molecule has 0 aliphatic heterocycles. The van der Waals surface area contributed by atoms with E-state index in [0.717, 1.165) is 30.7 Å². The molecule has 0 aromatic carbocycles. The summed E-state index contributed by atoms with van der Waals surface area (Å²) in [5, 5.41) is 0. The molecule has 0 unspecified atom stereocenters. The van der Waals surface area contributed by atoms with Crippen LogP contribution in [0.1, 0.15) is 20.8 Å². The Morgan fingerprint density at radius 2 is 1.62 bits per heavy atom. The summed E-state index contributed by atoms with van der Waals surface area (Å²) < 4.78 is 1.10. The molecule has 0 amide bonds. The van der Waals surface area contributed by atoms with Crippen molar-refractivity contribution in [2.75, 3.05) is 32.8 Å². The molecular formula is C8H22ClN3O. The van der Waals surface area contributed by atoms with E-state index >= 15 is 0 Å². The Bertz CT molecular complexity index is 101. The normalized spacial score (nSPS) is 11.1. The molecule has 0 saturated heterocycles. The standard InChI is InChI=1S/C8H22N3O.ClH/c1-4-11(5-2,6-3)7-8-12-10-9;/h10H,4-9H2,1-3H3;1H/q+1;/p-1. The molecule has 13 heavy (non-hydrogen) atoms. The largest absolute Gasteiger partial charge is 1.00 e. The van der Waals surface area contributed by atoms with E-state index in [1.165, 1.54) is 0 Å². The predicted molar refractivity (Wildman–Crippen MR) is 50.0 cm³/mol. The van der Waals surface area contributed by atoms with Crippen LogP contribution in [-0.2, 0) is 4.84 Å². The highest BCUT2D eigenvalue weighted by Crippen LogP contribution is 2.04. The fraction of sp³-hybridized carbons (Fsp3) is 1.00. The molecule has 0 spiro atoms. The number of hydrogen-bond donors (Lipinski definition) is 2. The summed E-state index contributed by atoms with van der Waals surface area (Å²) in [6.45, 7) is 11.8. The molecule has 0 bridgehead atoms. The SMILES string of the molecule is CC[N+](CC)(CC)CCONN.[Cl-]. The van der Waals surface area contributed by atoms with Crippen LogP contribution in [0.25, 0.3) is 0 Å². The molecular weight excluding hydrogens is 190 g/mol. The molecule has 5 heteroatoms. The van der Waals surface area contributed by atoms with E-state index in [9.17, 15) is 0 Å². The van der Waals surface area contributed by atoms with E-state index in [1.54, 1.807) is 0 Å². The van der Waals surface area contributed by atoms with Crippen molar-refractivity contribution in [3.05, 3.63) is 0 Å². The number of hydrogen-bond acceptors (Lipinski definition) is 3. The van der Waals surface area contributed by atoms with E-state index in [4.69, 9.17) is 10.7 Å². The summed E-state index contributed by atoms with van der Waals surface area (Å²) in [4.78, 5) is 4.91. The molecule has 0 atom stereocenters. The molecule has 0 aliphatic rings. The lowest BCUT2D eigenvalue weighted by atomic mass is 10.3. The molecule has 0 radical (unpaired) electrons. The van der Waals surface area contributed by atoms with Gasteiger partial charge in [0, 0.05) is 0 Å². The fourth-order valence-electron chi connectivity index (χ4n) is 1.44. The van der Waals surface area contributed by atoms with Crippen LogP contribution in [0.5, 0.6) is 0 Å². The number of nitrogens with two attached hydrogens (primary N) is 1. The first-order valence-corrected chi connectivity index (χ1v) is 4.67. The van der Waals surface area contributed by atoms with Crippen molar-refractivity contribution in [1.29, 1.82) is 0 Å². The first-order chi connectivity index (χ1) is 5.74. The van der Waals surface area contributed by atoms with Gasteiger partial charge in [0.1, 0.15) is 13.2 Å². The average molecular weight is 212 g/mol. The summed E-state index contributed by atoms with van der Waals surface area (Å²) in [5.41, 5.74) is 2.20. The van der Waals surface area contributed by atoms with Crippen molar-refractivity contribution in [2.24, 2.45) is 5.84 Å². The van der Waals surface area contributed by atoms with Gasteiger partial charge in [-0.3, -0.25) is 4.84 Å². The smallest absolute Gasteiger partial charge is 0.119 e. The van der Waals surface area contributed by atoms with Gasteiger partial charge < -0.3 is 16.9 Å². The second-order valence-corrected chi connectivity index (χ2v) is 2.98. The Morgan fingerprint density at radius 1 is 1.15 bits per heavy atom. The predicted octanol–water partition coefficient (Wildman–Crippen LogP) is -2.74. The van der Waals surface area contributed by atoms with Crippen LogP contribution >= 0.6 is 0 Å². The monoisotopic (exact) mass is 211 g/mol. The maximum atomic E-state index is 5.00. The molecule has 0 aromatic heterocycles. The van der Waals surface area contributed by atoms with E-state index in [0.29, 0.717) is 6.61 Å². The Morgan fingerprint density at radius 3 is 1.92 bits per heavy atom. The Kier molecular flexibility index (Phi) is 10.5. The fourth-order valence-corrected chi connectivity index (χ4v) is 1.44. The highest BCUT2D eigenvalue weighted by Gasteiger charge is 2.19. The molecule has 0 aliphatic carbocycles. The molecule has 3 N–H and O–H groups in total. The maximum Gasteiger partial charge on any atom is 0.119 e. The molecule has 0 heterocycles. The highest BCUT2D eigenvalue weighted by atomic mass is 35.5. The van der Waals surface area contributed by atoms with Gasteiger partial charge in [-0.15, -0.1) is 5.59 Å². The summed E-state index contributed by atoms with van der Waals surface area (Å²) in [6.07, 6.45) is 0. The quantitative estimate of drug-likeness (QED) is 0.208. The van der Waals surface area contributed by atoms with Crippen molar-refractivity contribution in [3.63, 3.8) is 0 Å². The lowest BCUT2D eigenvalue weighted by Crippen LogP contribution is -3.00. The molecule has 0 fully saturated rings. The third-order valence-corrected chi connectivity index (χ3v) is 2.76. The summed E-state index contributed by atoms with van der Waals surface area (Å²) in [6, 6.07) is 0. The summed E-state index contributed by atoms with van der Waals surface area (Å²) >= 11 is 0. The van der Waals surface area contributed by atoms with E-state index in [2.05, 4.69) is 26.4 Å². The number of rotatable bonds is 7. The van der Waals surface area contributed by atoms with Crippen LogP contribution in [0.3, 0.4) is 0 Å². The van der Waals surface area contributed by atoms with Crippen LogP contribution in [0.2, 0.25) is 0 Å². The van der Waals surface area contributed by atoms with Gasteiger partial charge >= 0.3 is 0 Å². The first-order valence-electron chi connectivity index (χ1n) is 4.67. The number of hydrazine groups is 1. The second kappa shape index (κ2) is 8.72. The van der Waals surface area contributed by atoms with Crippen molar-refractivity contribution in [2.45, 2.75) is 20.8 Å². The van der Waals surface area contributed by atoms with Gasteiger partial charge in [-0.1, -0.05) is 0 Å². The van der Waals surface area contributed by atoms with Crippen LogP contribution in [0.4, 0.5) is 0 Å². The lowest BCUT2D eigenvalue weighted by molar-refractivity contribution is -0.923. The van der Waals surface area contributed by atoms with Crippen molar-refractivity contribution in [3.8, 4) is 0 Å². The van der Waals surface area contributed by atoms with Crippen LogP contribution < -0.4 is 23.8 Å². The van der Waals surface area contributed by atoms with Crippen LogP contribution in [0.15, 0.2) is 0 Å². The summed E-state index contributed by atoms with van der Waals surface area (Å²) in [7, 11) is 0. The van der Waals surface area contributed by atoms with E-state index in [-0.39, 0.29) is 12.4 Å². The van der Waals surface area contributed by atoms with E-state index < -0.39 is 0 Å². The van der Waals surface area contributed by atoms with Gasteiger partial charge in [0.25, 0.3) is 0 Å². The van der Waals surface area contributed by atoms with Crippen molar-refractivity contribution < 1.29 is 21.7 Å². The zero-order valence-corrected chi connectivity index (χ0v) is 9.60. The average Bonchev–Trinajstić information content (AvgIpc) is 2.14. The lowest BCUT2D eigenvalue weighted by Gasteiger charge is -2.35. The molecule has 0 aromatic rings. The van der Waals surface area contributed by atoms with Gasteiger partial charge in [-0.2, -0.15) is 0 Å². The minimum Gasteiger partial charge on any atom is -1.00 e. The molecule has 0 saturated carbocycles. The van der Waals surface area contributed by atoms with Gasteiger partial charge in [0.15, 0.2) is 0 Å². The molecule has 82 valence electrons. The van der Waals surface area contributed by atoms with Gasteiger partial charge in [0.05, 0.1) is 19.6 Å². The number of likely N-dealkylation sites (N-methyl/N-ethyl adjacent to an activating group) is 1. The van der Waals surface area contributed by atoms with Crippen molar-refractivity contribution in [1.82, 2.24) is 5.59 Å². The van der Waals surface area contributed by atoms with Gasteiger partial charge in [0.2, 0.25) is 0 Å².